The molecule has 0 aliphatic heterocycles. The molecule has 1 aromatic heterocycles. The van der Waals surface area contributed by atoms with Crippen molar-refractivity contribution in [2.75, 3.05) is 6.54 Å². The van der Waals surface area contributed by atoms with Crippen LogP contribution in [0.25, 0.3) is 0 Å². The normalized spacial score (nSPS) is 23.1. The van der Waals surface area contributed by atoms with Crippen LogP contribution in [0.4, 0.5) is 0 Å². The standard InChI is InChI=1S/C16H29N3O/c1-3-15-14(12-19(2)18-15)11-17-10-6-8-13-7-4-5-9-16(13)20/h12-13,16-17,20H,3-11H2,1-2H3. The van der Waals surface area contributed by atoms with Crippen molar-refractivity contribution >= 4 is 0 Å². The maximum absolute atomic E-state index is 9.94. The van der Waals surface area contributed by atoms with Crippen LogP contribution in [0.15, 0.2) is 6.20 Å². The molecule has 4 nitrogen and oxygen atoms in total. The molecule has 1 aliphatic rings. The van der Waals surface area contributed by atoms with Crippen LogP contribution in [0.1, 0.15) is 56.7 Å². The monoisotopic (exact) mass is 279 g/mol. The average Bonchev–Trinajstić information content (AvgIpc) is 2.80. The minimum Gasteiger partial charge on any atom is -0.393 e. The van der Waals surface area contributed by atoms with Crippen LogP contribution >= 0.6 is 0 Å². The molecule has 2 rings (SSSR count). The summed E-state index contributed by atoms with van der Waals surface area (Å²) in [5, 5.41) is 17.9. The van der Waals surface area contributed by atoms with Crippen LogP contribution in [0, 0.1) is 5.92 Å². The van der Waals surface area contributed by atoms with Crippen molar-refractivity contribution in [1.82, 2.24) is 15.1 Å². The molecular formula is C16H29N3O. The molecule has 2 N–H and O–H groups in total. The van der Waals surface area contributed by atoms with Crippen LogP contribution in [-0.4, -0.2) is 27.5 Å². The van der Waals surface area contributed by atoms with Crippen LogP contribution < -0.4 is 5.32 Å². The highest BCUT2D eigenvalue weighted by Crippen LogP contribution is 2.27. The van der Waals surface area contributed by atoms with Gasteiger partial charge in [0, 0.05) is 25.4 Å². The van der Waals surface area contributed by atoms with Gasteiger partial charge in [0.05, 0.1) is 11.8 Å². The van der Waals surface area contributed by atoms with Crippen molar-refractivity contribution in [2.45, 2.75) is 64.5 Å². The zero-order chi connectivity index (χ0) is 14.4. The number of nitrogens with one attached hydrogen (secondary N) is 1. The quantitative estimate of drug-likeness (QED) is 0.754. The Hall–Kier alpha value is -0.870. The Morgan fingerprint density at radius 3 is 2.95 bits per heavy atom. The van der Waals surface area contributed by atoms with Crippen LogP contribution in [0.5, 0.6) is 0 Å². The van der Waals surface area contributed by atoms with Gasteiger partial charge < -0.3 is 10.4 Å². The fraction of sp³-hybridized carbons (Fsp3) is 0.812. The highest BCUT2D eigenvalue weighted by molar-refractivity contribution is 5.16. The van der Waals surface area contributed by atoms with Crippen LogP contribution in [-0.2, 0) is 20.0 Å². The highest BCUT2D eigenvalue weighted by Gasteiger charge is 2.22. The second-order valence-electron chi connectivity index (χ2n) is 6.06. The second-order valence-corrected chi connectivity index (χ2v) is 6.06. The van der Waals surface area contributed by atoms with E-state index >= 15 is 0 Å². The maximum Gasteiger partial charge on any atom is 0.0666 e. The minimum atomic E-state index is -0.0474. The van der Waals surface area contributed by atoms with E-state index in [0.29, 0.717) is 5.92 Å². The van der Waals surface area contributed by atoms with Gasteiger partial charge in [0.1, 0.15) is 0 Å². The molecule has 1 fully saturated rings. The summed E-state index contributed by atoms with van der Waals surface area (Å²) in [5.74, 6) is 0.537. The molecular weight excluding hydrogens is 250 g/mol. The summed E-state index contributed by atoms with van der Waals surface area (Å²) >= 11 is 0. The summed E-state index contributed by atoms with van der Waals surface area (Å²) in [4.78, 5) is 0. The lowest BCUT2D eigenvalue weighted by atomic mass is 9.83. The molecule has 0 aromatic carbocycles. The molecule has 0 spiro atoms. The summed E-state index contributed by atoms with van der Waals surface area (Å²) in [7, 11) is 1.98. The van der Waals surface area contributed by atoms with Crippen molar-refractivity contribution < 1.29 is 5.11 Å². The van der Waals surface area contributed by atoms with Gasteiger partial charge in [-0.05, 0) is 44.6 Å². The first-order valence-electron chi connectivity index (χ1n) is 8.11. The van der Waals surface area contributed by atoms with Crippen LogP contribution in [0.3, 0.4) is 0 Å². The van der Waals surface area contributed by atoms with Crippen molar-refractivity contribution in [3.63, 3.8) is 0 Å². The Balaban J connectivity index is 1.63. The first-order chi connectivity index (χ1) is 9.70. The molecule has 0 radical (unpaired) electrons. The lowest BCUT2D eigenvalue weighted by Gasteiger charge is -2.27. The average molecular weight is 279 g/mol. The molecule has 1 aromatic rings. The van der Waals surface area contributed by atoms with Crippen molar-refractivity contribution in [2.24, 2.45) is 13.0 Å². The number of aromatic nitrogens is 2. The first-order valence-corrected chi connectivity index (χ1v) is 8.11. The lowest BCUT2D eigenvalue weighted by Crippen LogP contribution is -2.25. The van der Waals surface area contributed by atoms with Gasteiger partial charge in [0.15, 0.2) is 0 Å². The van der Waals surface area contributed by atoms with Gasteiger partial charge in [-0.15, -0.1) is 0 Å². The predicted octanol–water partition coefficient (Wildman–Crippen LogP) is 2.40. The Morgan fingerprint density at radius 2 is 2.20 bits per heavy atom. The number of hydrogen-bond acceptors (Lipinski definition) is 3. The Kier molecular flexibility index (Phi) is 6.05. The van der Waals surface area contributed by atoms with Gasteiger partial charge in [-0.2, -0.15) is 5.10 Å². The third kappa shape index (κ3) is 4.32. The van der Waals surface area contributed by atoms with E-state index in [9.17, 15) is 5.11 Å². The molecule has 0 bridgehead atoms. The molecule has 0 amide bonds. The number of aliphatic hydroxyl groups excluding tert-OH is 1. The van der Waals surface area contributed by atoms with Crippen molar-refractivity contribution in [3.8, 4) is 0 Å². The van der Waals surface area contributed by atoms with Crippen molar-refractivity contribution in [1.29, 1.82) is 0 Å². The number of nitrogens with zero attached hydrogens (tertiary/aromatic N) is 2. The summed E-state index contributed by atoms with van der Waals surface area (Å²) in [6.07, 6.45) is 10.1. The molecule has 1 aliphatic carbocycles. The smallest absolute Gasteiger partial charge is 0.0666 e. The van der Waals surface area contributed by atoms with E-state index in [-0.39, 0.29) is 6.10 Å². The number of hydrogen-bond donors (Lipinski definition) is 2. The second kappa shape index (κ2) is 7.79. The topological polar surface area (TPSA) is 50.1 Å². The zero-order valence-corrected chi connectivity index (χ0v) is 12.9. The Labute approximate surface area is 122 Å². The highest BCUT2D eigenvalue weighted by atomic mass is 16.3. The van der Waals surface area contributed by atoms with E-state index in [1.54, 1.807) is 0 Å². The maximum atomic E-state index is 9.94. The summed E-state index contributed by atoms with van der Waals surface area (Å²) in [5.41, 5.74) is 2.51. The first kappa shape index (κ1) is 15.5. The lowest BCUT2D eigenvalue weighted by molar-refractivity contribution is 0.0643. The van der Waals surface area contributed by atoms with E-state index in [0.717, 1.165) is 38.8 Å². The molecule has 20 heavy (non-hydrogen) atoms. The Bertz CT molecular complexity index is 402. The molecule has 2 atom stereocenters. The van der Waals surface area contributed by atoms with E-state index in [1.807, 2.05) is 11.7 Å². The fourth-order valence-corrected chi connectivity index (χ4v) is 3.27. The molecule has 0 saturated heterocycles. The molecule has 4 heteroatoms. The largest absolute Gasteiger partial charge is 0.393 e. The van der Waals surface area contributed by atoms with Crippen LogP contribution in [0.2, 0.25) is 0 Å². The number of aliphatic hydroxyl groups is 1. The van der Waals surface area contributed by atoms with Gasteiger partial charge in [0.2, 0.25) is 0 Å². The minimum absolute atomic E-state index is 0.0474. The molecule has 2 unspecified atom stereocenters. The van der Waals surface area contributed by atoms with Gasteiger partial charge in [-0.25, -0.2) is 0 Å². The Morgan fingerprint density at radius 1 is 1.40 bits per heavy atom. The zero-order valence-electron chi connectivity index (χ0n) is 12.9. The third-order valence-electron chi connectivity index (χ3n) is 4.44. The van der Waals surface area contributed by atoms with E-state index < -0.39 is 0 Å². The van der Waals surface area contributed by atoms with Crippen molar-refractivity contribution in [3.05, 3.63) is 17.5 Å². The summed E-state index contributed by atoms with van der Waals surface area (Å²) in [6.45, 7) is 4.09. The van der Waals surface area contributed by atoms with E-state index in [4.69, 9.17) is 0 Å². The van der Waals surface area contributed by atoms with Gasteiger partial charge in [0.25, 0.3) is 0 Å². The molecule has 1 heterocycles. The fourth-order valence-electron chi connectivity index (χ4n) is 3.27. The molecule has 1 saturated carbocycles. The van der Waals surface area contributed by atoms with Gasteiger partial charge in [-0.3, -0.25) is 4.68 Å². The van der Waals surface area contributed by atoms with Gasteiger partial charge in [-0.1, -0.05) is 19.8 Å². The van der Waals surface area contributed by atoms with E-state index in [2.05, 4.69) is 23.5 Å². The SMILES string of the molecule is CCc1nn(C)cc1CNCCCC1CCCCC1O. The summed E-state index contributed by atoms with van der Waals surface area (Å²) < 4.78 is 1.90. The van der Waals surface area contributed by atoms with E-state index in [1.165, 1.54) is 30.5 Å². The summed E-state index contributed by atoms with van der Waals surface area (Å²) in [6, 6.07) is 0. The third-order valence-corrected chi connectivity index (χ3v) is 4.44. The molecule has 114 valence electrons. The predicted molar refractivity (Wildman–Crippen MR) is 81.5 cm³/mol. The number of aryl methyl sites for hydroxylation is 2. The van der Waals surface area contributed by atoms with Gasteiger partial charge >= 0.3 is 0 Å². The number of rotatable bonds is 7.